The van der Waals surface area contributed by atoms with Crippen molar-refractivity contribution in [2.75, 3.05) is 19.3 Å². The molecule has 0 aromatic carbocycles. The summed E-state index contributed by atoms with van der Waals surface area (Å²) in [6, 6.07) is 0. The van der Waals surface area contributed by atoms with Crippen molar-refractivity contribution in [3.63, 3.8) is 0 Å². The van der Waals surface area contributed by atoms with Gasteiger partial charge < -0.3 is 4.90 Å². The Morgan fingerprint density at radius 3 is 2.60 bits per heavy atom. The van der Waals surface area contributed by atoms with Crippen molar-refractivity contribution >= 4 is 16.7 Å². The van der Waals surface area contributed by atoms with Crippen molar-refractivity contribution in [3.8, 4) is 0 Å². The molecule has 15 heavy (non-hydrogen) atoms. The molecule has 1 aliphatic heterocycles. The number of hydrogen-bond acceptors (Lipinski definition) is 3. The second-order valence-corrected chi connectivity index (χ2v) is 6.23. The summed E-state index contributed by atoms with van der Waals surface area (Å²) in [7, 11) is -0.871. The van der Waals surface area contributed by atoms with Gasteiger partial charge in [-0.2, -0.15) is 0 Å². The molecular weight excluding hydrogens is 212 g/mol. The lowest BCUT2D eigenvalue weighted by Gasteiger charge is -2.29. The van der Waals surface area contributed by atoms with Crippen LogP contribution in [-0.2, 0) is 15.6 Å². The minimum absolute atomic E-state index is 0.0371. The highest BCUT2D eigenvalue weighted by Crippen LogP contribution is 2.14. The third-order valence-corrected chi connectivity index (χ3v) is 4.05. The van der Waals surface area contributed by atoms with E-state index in [0.717, 1.165) is 0 Å². The van der Waals surface area contributed by atoms with E-state index in [1.807, 2.05) is 11.8 Å². The molecule has 0 aromatic rings. The van der Waals surface area contributed by atoms with Crippen LogP contribution in [0.1, 0.15) is 20.8 Å². The van der Waals surface area contributed by atoms with Crippen LogP contribution in [0.15, 0.2) is 0 Å². The SMILES string of the molecule is CC(C)C1NCC(=O)N1CC(C)S(C)=O. The second kappa shape index (κ2) is 5.07. The molecule has 1 saturated heterocycles. The van der Waals surface area contributed by atoms with Gasteiger partial charge in [-0.15, -0.1) is 0 Å². The molecule has 1 N–H and O–H groups in total. The fourth-order valence-corrected chi connectivity index (χ4v) is 2.12. The van der Waals surface area contributed by atoms with Crippen LogP contribution in [0.3, 0.4) is 0 Å². The van der Waals surface area contributed by atoms with E-state index in [9.17, 15) is 9.00 Å². The Hall–Kier alpha value is -0.420. The Morgan fingerprint density at radius 2 is 2.13 bits per heavy atom. The van der Waals surface area contributed by atoms with Crippen LogP contribution in [0.2, 0.25) is 0 Å². The number of amides is 1. The van der Waals surface area contributed by atoms with E-state index < -0.39 is 10.8 Å². The lowest BCUT2D eigenvalue weighted by molar-refractivity contribution is -0.128. The third kappa shape index (κ3) is 3.01. The van der Waals surface area contributed by atoms with Crippen LogP contribution in [-0.4, -0.2) is 45.8 Å². The standard InChI is InChI=1S/C10H20N2O2S/c1-7(2)10-11-5-9(13)12(10)6-8(3)15(4)14/h7-8,10-11H,5-6H2,1-4H3. The zero-order valence-corrected chi connectivity index (χ0v) is 10.6. The van der Waals surface area contributed by atoms with Gasteiger partial charge in [0.25, 0.3) is 0 Å². The largest absolute Gasteiger partial charge is 0.325 e. The minimum Gasteiger partial charge on any atom is -0.325 e. The highest BCUT2D eigenvalue weighted by molar-refractivity contribution is 7.84. The number of nitrogens with one attached hydrogen (secondary N) is 1. The van der Waals surface area contributed by atoms with Gasteiger partial charge in [-0.1, -0.05) is 13.8 Å². The van der Waals surface area contributed by atoms with E-state index in [4.69, 9.17) is 0 Å². The maximum Gasteiger partial charge on any atom is 0.237 e. The lowest BCUT2D eigenvalue weighted by Crippen LogP contribution is -2.45. The van der Waals surface area contributed by atoms with Gasteiger partial charge in [0.2, 0.25) is 5.91 Å². The Labute approximate surface area is 93.9 Å². The Morgan fingerprint density at radius 1 is 1.53 bits per heavy atom. The van der Waals surface area contributed by atoms with Crippen LogP contribution in [0.25, 0.3) is 0 Å². The topological polar surface area (TPSA) is 49.4 Å². The molecule has 4 nitrogen and oxygen atoms in total. The monoisotopic (exact) mass is 232 g/mol. The van der Waals surface area contributed by atoms with Gasteiger partial charge in [0.1, 0.15) is 0 Å². The molecule has 1 fully saturated rings. The molecule has 0 aromatic heterocycles. The van der Waals surface area contributed by atoms with Crippen molar-refractivity contribution in [2.24, 2.45) is 5.92 Å². The van der Waals surface area contributed by atoms with E-state index in [0.29, 0.717) is 19.0 Å². The predicted molar refractivity (Wildman–Crippen MR) is 61.9 cm³/mol. The maximum absolute atomic E-state index is 11.6. The van der Waals surface area contributed by atoms with Crippen molar-refractivity contribution in [1.29, 1.82) is 0 Å². The number of rotatable bonds is 4. The first-order chi connectivity index (χ1) is 6.93. The molecule has 3 unspecified atom stereocenters. The molecule has 1 aliphatic rings. The van der Waals surface area contributed by atoms with E-state index in [1.165, 1.54) is 0 Å². The van der Waals surface area contributed by atoms with Crippen molar-refractivity contribution in [2.45, 2.75) is 32.2 Å². The fraction of sp³-hybridized carbons (Fsp3) is 0.900. The Kier molecular flexibility index (Phi) is 4.28. The maximum atomic E-state index is 11.6. The van der Waals surface area contributed by atoms with Gasteiger partial charge in [0.05, 0.1) is 12.7 Å². The van der Waals surface area contributed by atoms with Gasteiger partial charge in [-0.25, -0.2) is 0 Å². The number of nitrogens with zero attached hydrogens (tertiary/aromatic N) is 1. The first kappa shape index (κ1) is 12.6. The van der Waals surface area contributed by atoms with Gasteiger partial charge in [-0.05, 0) is 12.8 Å². The summed E-state index contributed by atoms with van der Waals surface area (Å²) in [6.07, 6.45) is 1.78. The number of carbonyl (C=O) groups excluding carboxylic acids is 1. The average Bonchev–Trinajstić information content (AvgIpc) is 2.48. The van der Waals surface area contributed by atoms with Crippen molar-refractivity contribution in [3.05, 3.63) is 0 Å². The molecule has 1 rings (SSSR count). The number of hydrogen-bond donors (Lipinski definition) is 1. The summed E-state index contributed by atoms with van der Waals surface area (Å²) in [5, 5.41) is 3.21. The van der Waals surface area contributed by atoms with Crippen LogP contribution < -0.4 is 5.32 Å². The molecule has 0 saturated carbocycles. The Bertz CT molecular complexity index is 268. The van der Waals surface area contributed by atoms with E-state index in [1.54, 1.807) is 6.26 Å². The predicted octanol–water partition coefficient (Wildman–Crippen LogP) is 0.167. The summed E-state index contributed by atoms with van der Waals surface area (Å²) in [6.45, 7) is 7.07. The highest BCUT2D eigenvalue weighted by Gasteiger charge is 2.33. The average molecular weight is 232 g/mol. The van der Waals surface area contributed by atoms with Gasteiger partial charge in [-0.3, -0.25) is 14.3 Å². The van der Waals surface area contributed by atoms with Crippen LogP contribution in [0.4, 0.5) is 0 Å². The van der Waals surface area contributed by atoms with Crippen molar-refractivity contribution < 1.29 is 9.00 Å². The molecular formula is C10H20N2O2S. The number of carbonyl (C=O) groups is 1. The van der Waals surface area contributed by atoms with E-state index in [2.05, 4.69) is 19.2 Å². The molecule has 0 aliphatic carbocycles. The third-order valence-electron chi connectivity index (χ3n) is 2.77. The summed E-state index contributed by atoms with van der Waals surface area (Å²) in [4.78, 5) is 13.4. The summed E-state index contributed by atoms with van der Waals surface area (Å²) >= 11 is 0. The zero-order valence-electron chi connectivity index (χ0n) is 9.82. The summed E-state index contributed by atoms with van der Waals surface area (Å²) < 4.78 is 11.3. The van der Waals surface area contributed by atoms with Crippen LogP contribution >= 0.6 is 0 Å². The molecule has 88 valence electrons. The molecule has 1 heterocycles. The molecule has 0 bridgehead atoms. The van der Waals surface area contributed by atoms with E-state index >= 15 is 0 Å². The first-order valence-electron chi connectivity index (χ1n) is 5.28. The zero-order chi connectivity index (χ0) is 11.6. The second-order valence-electron chi connectivity index (χ2n) is 4.43. The summed E-state index contributed by atoms with van der Waals surface area (Å²) in [5.74, 6) is 0.500. The first-order valence-corrected chi connectivity index (χ1v) is 6.90. The van der Waals surface area contributed by atoms with Crippen molar-refractivity contribution in [1.82, 2.24) is 10.2 Å². The molecule has 0 spiro atoms. The molecule has 1 amide bonds. The molecule has 5 heteroatoms. The van der Waals surface area contributed by atoms with Gasteiger partial charge in [0.15, 0.2) is 0 Å². The Balaban J connectivity index is 2.64. The normalized spacial score (nSPS) is 26.1. The lowest BCUT2D eigenvalue weighted by atomic mass is 10.1. The van der Waals surface area contributed by atoms with E-state index in [-0.39, 0.29) is 17.3 Å². The minimum atomic E-state index is -0.871. The van der Waals surface area contributed by atoms with Gasteiger partial charge in [0, 0.05) is 28.9 Å². The summed E-state index contributed by atoms with van der Waals surface area (Å²) in [5.41, 5.74) is 0. The highest BCUT2D eigenvalue weighted by atomic mass is 32.2. The quantitative estimate of drug-likeness (QED) is 0.751. The smallest absolute Gasteiger partial charge is 0.237 e. The van der Waals surface area contributed by atoms with Crippen LogP contribution in [0.5, 0.6) is 0 Å². The molecule has 0 radical (unpaired) electrons. The molecule has 3 atom stereocenters. The fourth-order valence-electron chi connectivity index (χ4n) is 1.75. The van der Waals surface area contributed by atoms with Crippen LogP contribution in [0, 0.1) is 5.92 Å². The van der Waals surface area contributed by atoms with Gasteiger partial charge >= 0.3 is 0 Å².